The number of hydrogen-bond donors (Lipinski definition) is 1. The Morgan fingerprint density at radius 2 is 2.36 bits per heavy atom. The second-order valence-corrected chi connectivity index (χ2v) is 2.80. The van der Waals surface area contributed by atoms with E-state index in [9.17, 15) is 4.79 Å². The third-order valence-corrected chi connectivity index (χ3v) is 1.49. The molecule has 0 amide bonds. The molecule has 1 rings (SSSR count). The van der Waals surface area contributed by atoms with Crippen molar-refractivity contribution in [2.75, 3.05) is 5.73 Å². The maximum Gasteiger partial charge on any atom is 0.181 e. The van der Waals surface area contributed by atoms with Gasteiger partial charge in [0.25, 0.3) is 0 Å². The van der Waals surface area contributed by atoms with E-state index in [1.807, 2.05) is 0 Å². The maximum absolute atomic E-state index is 10.8. The fourth-order valence-electron chi connectivity index (χ4n) is 0.636. The minimum Gasteiger partial charge on any atom is -0.382 e. The van der Waals surface area contributed by atoms with E-state index in [-0.39, 0.29) is 17.3 Å². The largest absolute Gasteiger partial charge is 0.382 e. The van der Waals surface area contributed by atoms with Crippen molar-refractivity contribution in [3.8, 4) is 0 Å². The molecule has 0 aromatic carbocycles. The lowest BCUT2D eigenvalue weighted by molar-refractivity contribution is 0.101. The van der Waals surface area contributed by atoms with Gasteiger partial charge in [0.15, 0.2) is 11.6 Å². The molecule has 0 fully saturated rings. The number of nitrogens with two attached hydrogens (primary N) is 1. The van der Waals surface area contributed by atoms with Crippen LogP contribution in [0.25, 0.3) is 0 Å². The molecule has 0 aliphatic carbocycles. The number of ketones is 1. The predicted octanol–water partition coefficient (Wildman–Crippen LogP) is 1.02. The highest BCUT2D eigenvalue weighted by molar-refractivity contribution is 9.10. The summed E-state index contributed by atoms with van der Waals surface area (Å²) >= 11 is 3.08. The van der Waals surface area contributed by atoms with Gasteiger partial charge in [-0.05, 0) is 15.9 Å². The first-order valence-electron chi connectivity index (χ1n) is 2.90. The van der Waals surface area contributed by atoms with Crippen molar-refractivity contribution in [3.05, 3.63) is 16.5 Å². The molecule has 1 heterocycles. The molecule has 0 radical (unpaired) electrons. The molecule has 1 aromatic rings. The molecule has 0 unspecified atom stereocenters. The van der Waals surface area contributed by atoms with Crippen LogP contribution in [0.1, 0.15) is 17.4 Å². The van der Waals surface area contributed by atoms with Crippen molar-refractivity contribution >= 4 is 27.5 Å². The number of rotatable bonds is 1. The van der Waals surface area contributed by atoms with Crippen molar-refractivity contribution in [3.63, 3.8) is 0 Å². The SMILES string of the molecule is CC(=O)c1nc(Br)cnc1N. The van der Waals surface area contributed by atoms with Crippen LogP contribution in [0.3, 0.4) is 0 Å². The molecular weight excluding hydrogens is 210 g/mol. The first-order chi connectivity index (χ1) is 5.11. The number of hydrogen-bond acceptors (Lipinski definition) is 4. The highest BCUT2D eigenvalue weighted by Gasteiger charge is 2.07. The number of anilines is 1. The van der Waals surface area contributed by atoms with Gasteiger partial charge in [-0.25, -0.2) is 9.97 Å². The lowest BCUT2D eigenvalue weighted by atomic mass is 10.3. The maximum atomic E-state index is 10.8. The van der Waals surface area contributed by atoms with Crippen LogP contribution < -0.4 is 5.73 Å². The van der Waals surface area contributed by atoms with Gasteiger partial charge in [0.05, 0.1) is 6.20 Å². The van der Waals surface area contributed by atoms with Gasteiger partial charge in [-0.3, -0.25) is 4.79 Å². The summed E-state index contributed by atoms with van der Waals surface area (Å²) in [5, 5.41) is 0. The van der Waals surface area contributed by atoms with Gasteiger partial charge in [-0.1, -0.05) is 0 Å². The molecule has 0 saturated carbocycles. The predicted molar refractivity (Wildman–Crippen MR) is 44.1 cm³/mol. The van der Waals surface area contributed by atoms with E-state index >= 15 is 0 Å². The van der Waals surface area contributed by atoms with Gasteiger partial charge in [0.2, 0.25) is 0 Å². The van der Waals surface area contributed by atoms with Crippen LogP contribution in [-0.4, -0.2) is 15.8 Å². The summed E-state index contributed by atoms with van der Waals surface area (Å²) in [5.41, 5.74) is 5.58. The minimum atomic E-state index is -0.184. The number of Topliss-reactive ketones (excluding diaryl/α,β-unsaturated/α-hetero) is 1. The standard InChI is InChI=1S/C6H6BrN3O/c1-3(11)5-6(8)9-2-4(7)10-5/h2H,1H3,(H2,8,9). The quantitative estimate of drug-likeness (QED) is 0.711. The summed E-state index contributed by atoms with van der Waals surface area (Å²) in [7, 11) is 0. The molecule has 5 heteroatoms. The van der Waals surface area contributed by atoms with E-state index < -0.39 is 0 Å². The summed E-state index contributed by atoms with van der Waals surface area (Å²) in [6, 6.07) is 0. The van der Waals surface area contributed by atoms with E-state index in [2.05, 4.69) is 25.9 Å². The zero-order valence-corrected chi connectivity index (χ0v) is 7.42. The molecule has 0 aliphatic rings. The second kappa shape index (κ2) is 2.96. The number of nitrogen functional groups attached to an aromatic ring is 1. The van der Waals surface area contributed by atoms with Crippen molar-refractivity contribution in [2.24, 2.45) is 0 Å². The summed E-state index contributed by atoms with van der Waals surface area (Å²) in [6.45, 7) is 1.40. The van der Waals surface area contributed by atoms with E-state index in [0.717, 1.165) is 0 Å². The van der Waals surface area contributed by atoms with Crippen molar-refractivity contribution in [2.45, 2.75) is 6.92 Å². The van der Waals surface area contributed by atoms with E-state index in [0.29, 0.717) is 4.60 Å². The Bertz CT molecular complexity index is 300. The highest BCUT2D eigenvalue weighted by Crippen LogP contribution is 2.10. The molecule has 2 N–H and O–H groups in total. The van der Waals surface area contributed by atoms with Gasteiger partial charge >= 0.3 is 0 Å². The number of carbonyl (C=O) groups is 1. The first-order valence-corrected chi connectivity index (χ1v) is 3.69. The third-order valence-electron chi connectivity index (χ3n) is 1.10. The minimum absolute atomic E-state index is 0.167. The van der Waals surface area contributed by atoms with Crippen molar-refractivity contribution < 1.29 is 4.79 Å². The highest BCUT2D eigenvalue weighted by atomic mass is 79.9. The van der Waals surface area contributed by atoms with Crippen LogP contribution in [0.15, 0.2) is 10.8 Å². The lowest BCUT2D eigenvalue weighted by Gasteiger charge is -1.98. The topological polar surface area (TPSA) is 68.9 Å². The molecule has 11 heavy (non-hydrogen) atoms. The van der Waals surface area contributed by atoms with Crippen LogP contribution >= 0.6 is 15.9 Å². The molecule has 0 atom stereocenters. The number of aromatic nitrogens is 2. The van der Waals surface area contributed by atoms with E-state index in [4.69, 9.17) is 5.73 Å². The van der Waals surface area contributed by atoms with Crippen molar-refractivity contribution in [1.82, 2.24) is 9.97 Å². The van der Waals surface area contributed by atoms with Gasteiger partial charge < -0.3 is 5.73 Å². The van der Waals surface area contributed by atoms with E-state index in [1.165, 1.54) is 13.1 Å². The fourth-order valence-corrected chi connectivity index (χ4v) is 0.916. The molecular formula is C6H6BrN3O. The number of halogens is 1. The summed E-state index contributed by atoms with van der Waals surface area (Å²) in [4.78, 5) is 18.4. The molecule has 58 valence electrons. The normalized spacial score (nSPS) is 9.64. The van der Waals surface area contributed by atoms with Crippen LogP contribution in [0.5, 0.6) is 0 Å². The fraction of sp³-hybridized carbons (Fsp3) is 0.167. The molecule has 0 spiro atoms. The van der Waals surface area contributed by atoms with E-state index in [1.54, 1.807) is 0 Å². The van der Waals surface area contributed by atoms with Crippen molar-refractivity contribution in [1.29, 1.82) is 0 Å². The van der Waals surface area contributed by atoms with Crippen LogP contribution in [-0.2, 0) is 0 Å². The van der Waals surface area contributed by atoms with Gasteiger partial charge in [-0.15, -0.1) is 0 Å². The zero-order chi connectivity index (χ0) is 8.43. The molecule has 0 saturated heterocycles. The Labute approximate surface area is 72.0 Å². The van der Waals surface area contributed by atoms with Crippen LogP contribution in [0.2, 0.25) is 0 Å². The monoisotopic (exact) mass is 215 g/mol. The molecule has 1 aromatic heterocycles. The Morgan fingerprint density at radius 3 is 2.82 bits per heavy atom. The average Bonchev–Trinajstić information content (AvgIpc) is 1.94. The van der Waals surface area contributed by atoms with Gasteiger partial charge in [-0.2, -0.15) is 0 Å². The van der Waals surface area contributed by atoms with Crippen LogP contribution in [0, 0.1) is 0 Å². The van der Waals surface area contributed by atoms with Gasteiger partial charge in [0.1, 0.15) is 10.3 Å². The molecule has 4 nitrogen and oxygen atoms in total. The Balaban J connectivity index is 3.23. The smallest absolute Gasteiger partial charge is 0.181 e. The molecule has 0 aliphatic heterocycles. The zero-order valence-electron chi connectivity index (χ0n) is 5.84. The summed E-state index contributed by atoms with van der Waals surface area (Å²) in [5.74, 6) is -0.0167. The summed E-state index contributed by atoms with van der Waals surface area (Å²) < 4.78 is 0.511. The summed E-state index contributed by atoms with van der Waals surface area (Å²) in [6.07, 6.45) is 1.45. The lowest BCUT2D eigenvalue weighted by Crippen LogP contribution is -2.05. The second-order valence-electron chi connectivity index (χ2n) is 1.98. The number of carbonyl (C=O) groups excluding carboxylic acids is 1. The van der Waals surface area contributed by atoms with Gasteiger partial charge in [0, 0.05) is 6.92 Å². The average molecular weight is 216 g/mol. The third kappa shape index (κ3) is 1.74. The first kappa shape index (κ1) is 8.13. The molecule has 0 bridgehead atoms. The Hall–Kier alpha value is -0.970. The number of nitrogens with zero attached hydrogens (tertiary/aromatic N) is 2. The Kier molecular flexibility index (Phi) is 2.19. The van der Waals surface area contributed by atoms with Crippen LogP contribution in [0.4, 0.5) is 5.82 Å². The Morgan fingerprint density at radius 1 is 1.73 bits per heavy atom.